The predicted molar refractivity (Wildman–Crippen MR) is 126 cm³/mol. The first-order chi connectivity index (χ1) is 15.5. The van der Waals surface area contributed by atoms with Crippen molar-refractivity contribution >= 4 is 17.2 Å². The van der Waals surface area contributed by atoms with E-state index < -0.39 is 0 Å². The molecule has 0 fully saturated rings. The van der Waals surface area contributed by atoms with Crippen LogP contribution in [0.5, 0.6) is 23.0 Å². The number of ether oxygens (including phenoxy) is 4. The predicted octanol–water partition coefficient (Wildman–Crippen LogP) is 5.06. The molecule has 1 heterocycles. The first-order valence-corrected chi connectivity index (χ1v) is 11.1. The van der Waals surface area contributed by atoms with Crippen LogP contribution in [0.25, 0.3) is 0 Å². The Morgan fingerprint density at radius 1 is 0.938 bits per heavy atom. The van der Waals surface area contributed by atoms with Gasteiger partial charge in [-0.25, -0.2) is 0 Å². The van der Waals surface area contributed by atoms with Crippen molar-refractivity contribution in [1.82, 2.24) is 4.90 Å². The van der Waals surface area contributed by atoms with Gasteiger partial charge in [0.2, 0.25) is 5.75 Å². The van der Waals surface area contributed by atoms with Gasteiger partial charge in [0.25, 0.3) is 5.91 Å². The second-order valence-corrected chi connectivity index (χ2v) is 8.36. The minimum atomic E-state index is -0.107. The van der Waals surface area contributed by atoms with Crippen LogP contribution < -0.4 is 18.9 Å². The second kappa shape index (κ2) is 10.9. The Hall–Kier alpha value is -3.19. The number of amides is 1. The molecule has 1 aromatic heterocycles. The number of hydrogen-bond donors (Lipinski definition) is 0. The summed E-state index contributed by atoms with van der Waals surface area (Å²) in [7, 11) is 6.26. The maximum atomic E-state index is 13.7. The average molecular weight is 456 g/mol. The zero-order valence-corrected chi connectivity index (χ0v) is 19.9. The molecule has 0 bridgehead atoms. The Kier molecular flexibility index (Phi) is 8.00. The van der Waals surface area contributed by atoms with Crippen molar-refractivity contribution in [1.29, 1.82) is 0 Å². The lowest BCUT2D eigenvalue weighted by molar-refractivity contribution is 0.0675. The number of rotatable bonds is 10. The van der Waals surface area contributed by atoms with E-state index in [4.69, 9.17) is 18.9 Å². The third kappa shape index (κ3) is 5.34. The highest BCUT2D eigenvalue weighted by molar-refractivity contribution is 7.09. The van der Waals surface area contributed by atoms with E-state index in [-0.39, 0.29) is 11.9 Å². The molecule has 0 saturated carbocycles. The van der Waals surface area contributed by atoms with Crippen LogP contribution in [0.1, 0.15) is 27.7 Å². The molecule has 0 aliphatic heterocycles. The van der Waals surface area contributed by atoms with Gasteiger partial charge in [0.1, 0.15) is 5.75 Å². The summed E-state index contributed by atoms with van der Waals surface area (Å²) in [5, 5.41) is 2.05. The molecule has 3 aromatic rings. The van der Waals surface area contributed by atoms with Crippen molar-refractivity contribution in [2.24, 2.45) is 0 Å². The Balaban J connectivity index is 1.96. The fourth-order valence-electron chi connectivity index (χ4n) is 3.56. The van der Waals surface area contributed by atoms with Crippen LogP contribution in [0.3, 0.4) is 0 Å². The third-order valence-electron chi connectivity index (χ3n) is 5.29. The van der Waals surface area contributed by atoms with Crippen LogP contribution in [0, 0.1) is 0 Å². The Morgan fingerprint density at radius 2 is 1.59 bits per heavy atom. The largest absolute Gasteiger partial charge is 0.497 e. The number of carbonyl (C=O) groups is 1. The first kappa shape index (κ1) is 23.5. The van der Waals surface area contributed by atoms with Crippen LogP contribution >= 0.6 is 11.3 Å². The Morgan fingerprint density at radius 3 is 2.09 bits per heavy atom. The molecule has 6 nitrogen and oxygen atoms in total. The molecule has 0 aliphatic carbocycles. The van der Waals surface area contributed by atoms with Crippen LogP contribution in [0.4, 0.5) is 0 Å². The highest BCUT2D eigenvalue weighted by atomic mass is 32.1. The van der Waals surface area contributed by atoms with Gasteiger partial charge in [-0.2, -0.15) is 0 Å². The lowest BCUT2D eigenvalue weighted by atomic mass is 10.1. The van der Waals surface area contributed by atoms with E-state index in [1.807, 2.05) is 35.2 Å². The normalized spacial score (nSPS) is 11.5. The van der Waals surface area contributed by atoms with Crippen molar-refractivity contribution in [2.75, 3.05) is 28.4 Å². The van der Waals surface area contributed by atoms with E-state index >= 15 is 0 Å². The fraction of sp³-hybridized carbons (Fsp3) is 0.320. The molecule has 1 amide bonds. The van der Waals surface area contributed by atoms with E-state index in [1.54, 1.807) is 51.9 Å². The number of nitrogens with zero attached hydrogens (tertiary/aromatic N) is 1. The van der Waals surface area contributed by atoms with Gasteiger partial charge in [0.05, 0.1) is 28.4 Å². The molecule has 32 heavy (non-hydrogen) atoms. The molecular weight excluding hydrogens is 426 g/mol. The molecule has 0 saturated heterocycles. The van der Waals surface area contributed by atoms with E-state index in [0.717, 1.165) is 17.7 Å². The number of thiophene rings is 1. The number of hydrogen-bond acceptors (Lipinski definition) is 6. The summed E-state index contributed by atoms with van der Waals surface area (Å²) in [6.45, 7) is 2.53. The second-order valence-electron chi connectivity index (χ2n) is 7.33. The van der Waals surface area contributed by atoms with Gasteiger partial charge in [-0.1, -0.05) is 18.2 Å². The first-order valence-electron chi connectivity index (χ1n) is 10.3. The summed E-state index contributed by atoms with van der Waals surface area (Å²) in [6.07, 6.45) is 0.768. The average Bonchev–Trinajstić information content (AvgIpc) is 3.34. The topological polar surface area (TPSA) is 57.2 Å². The molecule has 0 radical (unpaired) electrons. The highest BCUT2D eigenvalue weighted by Crippen LogP contribution is 2.38. The molecule has 3 rings (SSSR count). The van der Waals surface area contributed by atoms with Crippen molar-refractivity contribution in [3.63, 3.8) is 0 Å². The van der Waals surface area contributed by atoms with Gasteiger partial charge < -0.3 is 23.8 Å². The summed E-state index contributed by atoms with van der Waals surface area (Å²) in [4.78, 5) is 16.8. The zero-order valence-electron chi connectivity index (χ0n) is 19.1. The van der Waals surface area contributed by atoms with Crippen LogP contribution in [-0.4, -0.2) is 45.3 Å². The lowest BCUT2D eigenvalue weighted by Crippen LogP contribution is -2.39. The van der Waals surface area contributed by atoms with Gasteiger partial charge in [-0.3, -0.25) is 4.79 Å². The molecular formula is C25H29NO5S. The molecule has 0 spiro atoms. The maximum Gasteiger partial charge on any atom is 0.254 e. The monoisotopic (exact) mass is 455 g/mol. The van der Waals surface area contributed by atoms with Gasteiger partial charge in [-0.15, -0.1) is 11.3 Å². The zero-order chi connectivity index (χ0) is 23.1. The molecule has 170 valence electrons. The van der Waals surface area contributed by atoms with Crippen molar-refractivity contribution in [2.45, 2.75) is 25.9 Å². The van der Waals surface area contributed by atoms with Crippen LogP contribution in [-0.2, 0) is 13.0 Å². The van der Waals surface area contributed by atoms with Crippen LogP contribution in [0.2, 0.25) is 0 Å². The lowest BCUT2D eigenvalue weighted by Gasteiger charge is -2.30. The van der Waals surface area contributed by atoms with Gasteiger partial charge >= 0.3 is 0 Å². The minimum Gasteiger partial charge on any atom is -0.497 e. The Bertz CT molecular complexity index is 992. The quantitative estimate of drug-likeness (QED) is 0.428. The molecule has 1 atom stereocenters. The highest BCUT2D eigenvalue weighted by Gasteiger charge is 2.25. The number of methoxy groups -OCH3 is 4. The molecule has 0 N–H and O–H groups in total. The summed E-state index contributed by atoms with van der Waals surface area (Å²) in [6, 6.07) is 15.3. The standard InChI is InChI=1S/C25H29NO5S/c1-17(13-21-7-6-12-32-21)26(16-18-8-10-20(28-2)11-9-18)25(27)19-14-22(29-3)24(31-5)23(15-19)30-4/h6-12,14-15,17H,13,16H2,1-5H3/t17-/m0/s1. The summed E-state index contributed by atoms with van der Waals surface area (Å²) in [5.41, 5.74) is 1.50. The third-order valence-corrected chi connectivity index (χ3v) is 6.19. The Labute approximate surface area is 193 Å². The van der Waals surface area contributed by atoms with E-state index in [2.05, 4.69) is 18.4 Å². The van der Waals surface area contributed by atoms with Crippen molar-refractivity contribution < 1.29 is 23.7 Å². The van der Waals surface area contributed by atoms with E-state index in [0.29, 0.717) is 29.4 Å². The van der Waals surface area contributed by atoms with E-state index in [1.165, 1.54) is 4.88 Å². The maximum absolute atomic E-state index is 13.7. The molecule has 7 heteroatoms. The van der Waals surface area contributed by atoms with Gasteiger partial charge in [-0.05, 0) is 48.2 Å². The molecule has 2 aromatic carbocycles. The smallest absolute Gasteiger partial charge is 0.254 e. The minimum absolute atomic E-state index is 0.0256. The van der Waals surface area contributed by atoms with Gasteiger partial charge in [0.15, 0.2) is 11.5 Å². The van der Waals surface area contributed by atoms with Crippen molar-refractivity contribution in [3.05, 3.63) is 69.9 Å². The summed E-state index contributed by atoms with van der Waals surface area (Å²) < 4.78 is 21.6. The fourth-order valence-corrected chi connectivity index (χ4v) is 4.38. The summed E-state index contributed by atoms with van der Waals surface area (Å²) in [5.74, 6) is 2.03. The molecule has 0 aliphatic rings. The van der Waals surface area contributed by atoms with Crippen LogP contribution in [0.15, 0.2) is 53.9 Å². The summed E-state index contributed by atoms with van der Waals surface area (Å²) >= 11 is 1.69. The van der Waals surface area contributed by atoms with E-state index in [9.17, 15) is 4.79 Å². The van der Waals surface area contributed by atoms with Crippen molar-refractivity contribution in [3.8, 4) is 23.0 Å². The number of benzene rings is 2. The SMILES string of the molecule is COc1ccc(CN(C(=O)c2cc(OC)c(OC)c(OC)c2)[C@@H](C)Cc2cccs2)cc1. The number of carbonyl (C=O) groups excluding carboxylic acids is 1. The van der Waals surface area contributed by atoms with Gasteiger partial charge in [0, 0.05) is 29.4 Å². The molecule has 0 unspecified atom stereocenters.